The maximum atomic E-state index is 13.3. The van der Waals surface area contributed by atoms with Crippen LogP contribution in [-0.2, 0) is 6.54 Å². The summed E-state index contributed by atoms with van der Waals surface area (Å²) in [5.74, 6) is -0.178. The molecule has 3 heteroatoms. The molecule has 1 unspecified atom stereocenters. The summed E-state index contributed by atoms with van der Waals surface area (Å²) in [6.45, 7) is 2.89. The fourth-order valence-corrected chi connectivity index (χ4v) is 2.37. The Hall–Kier alpha value is -1.87. The van der Waals surface area contributed by atoms with E-state index in [1.165, 1.54) is 17.3 Å². The van der Waals surface area contributed by atoms with E-state index < -0.39 is 0 Å². The molecule has 0 saturated carbocycles. The summed E-state index contributed by atoms with van der Waals surface area (Å²) in [6.07, 6.45) is 0.930. The molecule has 2 aromatic carbocycles. The third-order valence-electron chi connectivity index (χ3n) is 3.66. The Balaban J connectivity index is 2.00. The predicted octanol–water partition coefficient (Wildman–Crippen LogP) is 4.13. The Morgan fingerprint density at radius 3 is 2.38 bits per heavy atom. The highest BCUT2D eigenvalue weighted by Gasteiger charge is 2.09. The number of nitrogens with zero attached hydrogens (tertiary/aromatic N) is 1. The van der Waals surface area contributed by atoms with Gasteiger partial charge in [-0.1, -0.05) is 31.2 Å². The molecule has 0 aromatic heterocycles. The maximum Gasteiger partial charge on any atom is 0.123 e. The number of rotatable bonds is 6. The summed E-state index contributed by atoms with van der Waals surface area (Å²) >= 11 is 0. The molecule has 0 bridgehead atoms. The monoisotopic (exact) mass is 286 g/mol. The van der Waals surface area contributed by atoms with Gasteiger partial charge in [0.2, 0.25) is 0 Å². The first kappa shape index (κ1) is 15.5. The van der Waals surface area contributed by atoms with Crippen molar-refractivity contribution in [2.24, 2.45) is 0 Å². The van der Waals surface area contributed by atoms with Crippen LogP contribution in [-0.4, -0.2) is 14.1 Å². The minimum Gasteiger partial charge on any atom is -0.378 e. The summed E-state index contributed by atoms with van der Waals surface area (Å²) in [5, 5.41) is 3.50. The molecule has 112 valence electrons. The molecular formula is C18H23FN2. The van der Waals surface area contributed by atoms with Crippen molar-refractivity contribution in [3.63, 3.8) is 0 Å². The molecular weight excluding hydrogens is 263 g/mol. The lowest BCUT2D eigenvalue weighted by molar-refractivity contribution is 0.514. The topological polar surface area (TPSA) is 15.3 Å². The van der Waals surface area contributed by atoms with Gasteiger partial charge in [0.15, 0.2) is 0 Å². The van der Waals surface area contributed by atoms with Crippen LogP contribution in [0.15, 0.2) is 48.5 Å². The second kappa shape index (κ2) is 7.23. The lowest BCUT2D eigenvalue weighted by Crippen LogP contribution is -2.20. The van der Waals surface area contributed by atoms with E-state index in [1.807, 2.05) is 20.2 Å². The fraction of sp³-hybridized carbons (Fsp3) is 0.333. The van der Waals surface area contributed by atoms with Crippen LogP contribution < -0.4 is 10.2 Å². The van der Waals surface area contributed by atoms with Crippen molar-refractivity contribution in [1.29, 1.82) is 0 Å². The van der Waals surface area contributed by atoms with Gasteiger partial charge in [0.1, 0.15) is 5.82 Å². The molecule has 2 aromatic rings. The average Bonchev–Trinajstić information content (AvgIpc) is 2.48. The van der Waals surface area contributed by atoms with Crippen LogP contribution in [0.25, 0.3) is 0 Å². The van der Waals surface area contributed by atoms with Gasteiger partial charge in [-0.15, -0.1) is 0 Å². The average molecular weight is 286 g/mol. The molecule has 0 spiro atoms. The van der Waals surface area contributed by atoms with Gasteiger partial charge in [-0.05, 0) is 41.8 Å². The van der Waals surface area contributed by atoms with Gasteiger partial charge in [0.05, 0.1) is 0 Å². The first-order chi connectivity index (χ1) is 10.1. The van der Waals surface area contributed by atoms with Crippen LogP contribution in [0.4, 0.5) is 10.1 Å². The number of hydrogen-bond donors (Lipinski definition) is 1. The van der Waals surface area contributed by atoms with Gasteiger partial charge in [0.25, 0.3) is 0 Å². The zero-order chi connectivity index (χ0) is 15.2. The van der Waals surface area contributed by atoms with Gasteiger partial charge in [-0.25, -0.2) is 4.39 Å². The number of nitrogens with one attached hydrogen (secondary N) is 1. The van der Waals surface area contributed by atoms with E-state index >= 15 is 0 Å². The molecule has 1 atom stereocenters. The molecule has 0 saturated heterocycles. The van der Waals surface area contributed by atoms with E-state index in [0.29, 0.717) is 0 Å². The minimum atomic E-state index is -0.178. The van der Waals surface area contributed by atoms with Crippen LogP contribution in [0.2, 0.25) is 0 Å². The van der Waals surface area contributed by atoms with Gasteiger partial charge < -0.3 is 10.2 Å². The van der Waals surface area contributed by atoms with Crippen molar-refractivity contribution in [3.05, 3.63) is 65.5 Å². The molecule has 2 rings (SSSR count). The first-order valence-corrected chi connectivity index (χ1v) is 7.35. The number of hydrogen-bond acceptors (Lipinski definition) is 2. The van der Waals surface area contributed by atoms with E-state index in [4.69, 9.17) is 0 Å². The van der Waals surface area contributed by atoms with Crippen LogP contribution in [0, 0.1) is 5.82 Å². The Morgan fingerprint density at radius 1 is 1.10 bits per heavy atom. The van der Waals surface area contributed by atoms with Gasteiger partial charge in [0, 0.05) is 32.4 Å². The molecule has 0 fully saturated rings. The molecule has 2 nitrogen and oxygen atoms in total. The molecule has 21 heavy (non-hydrogen) atoms. The second-order valence-electron chi connectivity index (χ2n) is 5.46. The quantitative estimate of drug-likeness (QED) is 0.859. The predicted molar refractivity (Wildman–Crippen MR) is 87.0 cm³/mol. The van der Waals surface area contributed by atoms with E-state index in [2.05, 4.69) is 41.4 Å². The van der Waals surface area contributed by atoms with Crippen molar-refractivity contribution in [2.45, 2.75) is 25.9 Å². The van der Waals surface area contributed by atoms with Gasteiger partial charge in [-0.2, -0.15) is 0 Å². The van der Waals surface area contributed by atoms with Gasteiger partial charge in [-0.3, -0.25) is 0 Å². The Morgan fingerprint density at radius 2 is 1.81 bits per heavy atom. The lowest BCUT2D eigenvalue weighted by atomic mass is 10.0. The maximum absolute atomic E-state index is 13.3. The molecule has 0 aliphatic rings. The van der Waals surface area contributed by atoms with E-state index in [9.17, 15) is 4.39 Å². The van der Waals surface area contributed by atoms with E-state index in [1.54, 1.807) is 12.1 Å². The molecule has 0 heterocycles. The van der Waals surface area contributed by atoms with Crippen molar-refractivity contribution in [3.8, 4) is 0 Å². The molecule has 1 N–H and O–H groups in total. The number of anilines is 1. The minimum absolute atomic E-state index is 0.175. The van der Waals surface area contributed by atoms with E-state index in [0.717, 1.165) is 18.5 Å². The van der Waals surface area contributed by atoms with Crippen LogP contribution in [0.5, 0.6) is 0 Å². The third-order valence-corrected chi connectivity index (χ3v) is 3.66. The standard InChI is InChI=1S/C18H23FN2/c1-4-18(15-6-5-7-16(19)12-15)20-13-14-8-10-17(11-9-14)21(2)3/h5-12,18,20H,4,13H2,1-3H3. The summed E-state index contributed by atoms with van der Waals surface area (Å²) in [6, 6.07) is 15.5. The molecule has 0 amide bonds. The van der Waals surface area contributed by atoms with Crippen LogP contribution >= 0.6 is 0 Å². The molecule has 0 aliphatic heterocycles. The van der Waals surface area contributed by atoms with Crippen LogP contribution in [0.1, 0.15) is 30.5 Å². The Kier molecular flexibility index (Phi) is 5.34. The number of halogens is 1. The summed E-state index contributed by atoms with van der Waals surface area (Å²) in [4.78, 5) is 2.08. The van der Waals surface area contributed by atoms with Crippen molar-refractivity contribution < 1.29 is 4.39 Å². The Labute approximate surface area is 126 Å². The highest BCUT2D eigenvalue weighted by atomic mass is 19.1. The largest absolute Gasteiger partial charge is 0.378 e. The van der Waals surface area contributed by atoms with Crippen molar-refractivity contribution >= 4 is 5.69 Å². The van der Waals surface area contributed by atoms with Gasteiger partial charge >= 0.3 is 0 Å². The molecule has 0 radical (unpaired) electrons. The normalized spacial score (nSPS) is 12.2. The highest BCUT2D eigenvalue weighted by Crippen LogP contribution is 2.19. The highest BCUT2D eigenvalue weighted by molar-refractivity contribution is 5.46. The number of benzene rings is 2. The van der Waals surface area contributed by atoms with Crippen molar-refractivity contribution in [2.75, 3.05) is 19.0 Å². The summed E-state index contributed by atoms with van der Waals surface area (Å²) in [5.41, 5.74) is 3.42. The summed E-state index contributed by atoms with van der Waals surface area (Å²) < 4.78 is 13.3. The SMILES string of the molecule is CCC(NCc1ccc(N(C)C)cc1)c1cccc(F)c1. The zero-order valence-electron chi connectivity index (χ0n) is 12.9. The fourth-order valence-electron chi connectivity index (χ4n) is 2.37. The zero-order valence-corrected chi connectivity index (χ0v) is 12.9. The molecule has 0 aliphatic carbocycles. The second-order valence-corrected chi connectivity index (χ2v) is 5.46. The smallest absolute Gasteiger partial charge is 0.123 e. The lowest BCUT2D eigenvalue weighted by Gasteiger charge is -2.18. The van der Waals surface area contributed by atoms with E-state index in [-0.39, 0.29) is 11.9 Å². The third kappa shape index (κ3) is 4.30. The van der Waals surface area contributed by atoms with Crippen LogP contribution in [0.3, 0.4) is 0 Å². The first-order valence-electron chi connectivity index (χ1n) is 7.35. The summed E-state index contributed by atoms with van der Waals surface area (Å²) in [7, 11) is 4.06. The Bertz CT molecular complexity index is 564. The van der Waals surface area contributed by atoms with Crippen molar-refractivity contribution in [1.82, 2.24) is 5.32 Å².